The number of rotatable bonds is 12. The third kappa shape index (κ3) is 9.38. The normalized spacial score (nSPS) is 19.3. The fraction of sp³-hybridized carbons (Fsp3) is 0.720. The largest absolute Gasteiger partial charge is 0.491 e. The molecule has 0 spiro atoms. The first-order chi connectivity index (χ1) is 14.6. The van der Waals surface area contributed by atoms with E-state index in [1.54, 1.807) is 0 Å². The molecule has 1 saturated carbocycles. The van der Waals surface area contributed by atoms with E-state index in [2.05, 4.69) is 31.2 Å². The Morgan fingerprint density at radius 3 is 2.57 bits per heavy atom. The monoisotopic (exact) mass is 418 g/mol. The number of nitrogens with zero attached hydrogens (tertiary/aromatic N) is 1. The molecule has 0 heterocycles. The molecule has 2 atom stereocenters. The lowest BCUT2D eigenvalue weighted by molar-refractivity contribution is 0.0569. The Kier molecular flexibility index (Phi) is 11.7. The van der Waals surface area contributed by atoms with Crippen LogP contribution in [0.4, 0.5) is 10.5 Å². The van der Waals surface area contributed by atoms with Crippen LogP contribution in [0.25, 0.3) is 0 Å². The molecule has 0 aromatic heterocycles. The van der Waals surface area contributed by atoms with Crippen molar-refractivity contribution in [2.75, 3.05) is 32.6 Å². The molecular formula is C25H42N2O3. The summed E-state index contributed by atoms with van der Waals surface area (Å²) in [4.78, 5) is 14.8. The number of carbonyl (C=O) groups excluding carboxylic acids is 1. The molecule has 0 saturated heterocycles. The van der Waals surface area contributed by atoms with E-state index in [-0.39, 0.29) is 12.2 Å². The molecule has 1 aromatic carbocycles. The average Bonchev–Trinajstić information content (AvgIpc) is 2.93. The van der Waals surface area contributed by atoms with Crippen LogP contribution in [0.2, 0.25) is 0 Å². The van der Waals surface area contributed by atoms with Gasteiger partial charge in [0.1, 0.15) is 11.9 Å². The molecule has 0 radical (unpaired) electrons. The first-order valence-corrected chi connectivity index (χ1v) is 11.9. The number of anilines is 1. The Labute approximate surface area is 183 Å². The molecule has 1 fully saturated rings. The molecule has 5 heteroatoms. The molecule has 0 unspecified atom stereocenters. The average molecular weight is 419 g/mol. The summed E-state index contributed by atoms with van der Waals surface area (Å²) < 4.78 is 11.8. The number of ether oxygens (including phenoxy) is 2. The zero-order valence-corrected chi connectivity index (χ0v) is 19.3. The molecule has 0 aliphatic heterocycles. The predicted octanol–water partition coefficient (Wildman–Crippen LogP) is 6.48. The molecule has 0 bridgehead atoms. The maximum Gasteiger partial charge on any atom is 0.412 e. The minimum atomic E-state index is -0.374. The molecule has 1 amide bonds. The second-order valence-electron chi connectivity index (χ2n) is 8.84. The molecule has 1 aliphatic carbocycles. The van der Waals surface area contributed by atoms with Gasteiger partial charge in [-0.15, -0.1) is 0 Å². The van der Waals surface area contributed by atoms with E-state index in [0.29, 0.717) is 24.0 Å². The van der Waals surface area contributed by atoms with Gasteiger partial charge in [0.25, 0.3) is 0 Å². The number of carbonyl (C=O) groups is 1. The third-order valence-electron chi connectivity index (χ3n) is 5.83. The maximum atomic E-state index is 12.7. The highest BCUT2D eigenvalue weighted by Crippen LogP contribution is 2.28. The van der Waals surface area contributed by atoms with Crippen molar-refractivity contribution in [3.63, 3.8) is 0 Å². The molecule has 1 N–H and O–H groups in total. The van der Waals surface area contributed by atoms with Gasteiger partial charge in [-0.25, -0.2) is 4.79 Å². The van der Waals surface area contributed by atoms with Crippen molar-refractivity contribution in [2.45, 2.75) is 83.7 Å². The molecule has 170 valence electrons. The van der Waals surface area contributed by atoms with Crippen molar-refractivity contribution >= 4 is 11.8 Å². The topological polar surface area (TPSA) is 50.8 Å². The van der Waals surface area contributed by atoms with E-state index in [1.807, 2.05) is 24.3 Å². The quantitative estimate of drug-likeness (QED) is 0.311. The summed E-state index contributed by atoms with van der Waals surface area (Å²) in [6.07, 6.45) is 12.6. The highest BCUT2D eigenvalue weighted by Gasteiger charge is 2.27. The zero-order chi connectivity index (χ0) is 21.6. The number of para-hydroxylation sites is 2. The molecule has 2 rings (SSSR count). The van der Waals surface area contributed by atoms with E-state index < -0.39 is 0 Å². The van der Waals surface area contributed by atoms with E-state index >= 15 is 0 Å². The SMILES string of the molecule is CCCCCCCCOc1ccccc1NC(=O)O[C@H]1CCCCC[C@@H]1CN(C)C. The predicted molar refractivity (Wildman–Crippen MR) is 124 cm³/mol. The summed E-state index contributed by atoms with van der Waals surface area (Å²) in [5.41, 5.74) is 0.686. The standard InChI is InChI=1S/C25H42N2O3/c1-4-5-6-7-8-14-19-29-24-18-13-12-16-22(24)26-25(28)30-23-17-11-9-10-15-21(23)20-27(2)3/h12-13,16,18,21,23H,4-11,14-15,17,19-20H2,1-3H3,(H,26,28)/t21-,23+/m1/s1. The van der Waals surface area contributed by atoms with Gasteiger partial charge in [0, 0.05) is 12.5 Å². The van der Waals surface area contributed by atoms with Gasteiger partial charge in [-0.3, -0.25) is 5.32 Å². The summed E-state index contributed by atoms with van der Waals surface area (Å²) in [5.74, 6) is 1.11. The van der Waals surface area contributed by atoms with Gasteiger partial charge >= 0.3 is 6.09 Å². The van der Waals surface area contributed by atoms with Gasteiger partial charge in [0.15, 0.2) is 0 Å². The Bertz CT molecular complexity index is 606. The van der Waals surface area contributed by atoms with Gasteiger partial charge in [-0.05, 0) is 51.9 Å². The summed E-state index contributed by atoms with van der Waals surface area (Å²) >= 11 is 0. The molecule has 1 aromatic rings. The zero-order valence-electron chi connectivity index (χ0n) is 19.3. The summed E-state index contributed by atoms with van der Waals surface area (Å²) in [5, 5.41) is 2.92. The molecule has 5 nitrogen and oxygen atoms in total. The van der Waals surface area contributed by atoms with E-state index in [9.17, 15) is 4.79 Å². The minimum Gasteiger partial charge on any atom is -0.491 e. The smallest absolute Gasteiger partial charge is 0.412 e. The number of nitrogens with one attached hydrogen (secondary N) is 1. The molecule has 30 heavy (non-hydrogen) atoms. The summed E-state index contributed by atoms with van der Waals surface area (Å²) in [7, 11) is 4.17. The highest BCUT2D eigenvalue weighted by molar-refractivity contribution is 5.86. The number of hydrogen-bond donors (Lipinski definition) is 1. The molecular weight excluding hydrogens is 376 g/mol. The highest BCUT2D eigenvalue weighted by atomic mass is 16.6. The lowest BCUT2D eigenvalue weighted by atomic mass is 9.97. The number of benzene rings is 1. The van der Waals surface area contributed by atoms with Crippen LogP contribution < -0.4 is 10.1 Å². The second kappa shape index (κ2) is 14.3. The van der Waals surface area contributed by atoms with Gasteiger partial charge < -0.3 is 14.4 Å². The first-order valence-electron chi connectivity index (χ1n) is 11.9. The Morgan fingerprint density at radius 2 is 1.77 bits per heavy atom. The van der Waals surface area contributed by atoms with Crippen LogP contribution >= 0.6 is 0 Å². The van der Waals surface area contributed by atoms with Crippen LogP contribution in [0, 0.1) is 5.92 Å². The Morgan fingerprint density at radius 1 is 1.03 bits per heavy atom. The van der Waals surface area contributed by atoms with Crippen LogP contribution in [0.3, 0.4) is 0 Å². The lowest BCUT2D eigenvalue weighted by Crippen LogP contribution is -2.34. The van der Waals surface area contributed by atoms with Crippen molar-refractivity contribution in [3.8, 4) is 5.75 Å². The first kappa shape index (κ1) is 24.5. The van der Waals surface area contributed by atoms with Gasteiger partial charge in [0.05, 0.1) is 12.3 Å². The Balaban J connectivity index is 1.83. The van der Waals surface area contributed by atoms with Gasteiger partial charge in [-0.1, -0.05) is 64.0 Å². The fourth-order valence-corrected chi connectivity index (χ4v) is 4.22. The van der Waals surface area contributed by atoms with E-state index in [4.69, 9.17) is 9.47 Å². The number of hydrogen-bond acceptors (Lipinski definition) is 4. The third-order valence-corrected chi connectivity index (χ3v) is 5.83. The second-order valence-corrected chi connectivity index (χ2v) is 8.84. The van der Waals surface area contributed by atoms with Crippen LogP contribution in [0.5, 0.6) is 5.75 Å². The maximum absolute atomic E-state index is 12.7. The number of unbranched alkanes of at least 4 members (excludes halogenated alkanes) is 5. The van der Waals surface area contributed by atoms with Crippen molar-refractivity contribution in [3.05, 3.63) is 24.3 Å². The van der Waals surface area contributed by atoms with Crippen LogP contribution in [0.15, 0.2) is 24.3 Å². The van der Waals surface area contributed by atoms with E-state index in [1.165, 1.54) is 44.9 Å². The number of amides is 1. The van der Waals surface area contributed by atoms with Crippen molar-refractivity contribution in [1.29, 1.82) is 0 Å². The minimum absolute atomic E-state index is 0.0221. The summed E-state index contributed by atoms with van der Waals surface area (Å²) in [6, 6.07) is 7.63. The van der Waals surface area contributed by atoms with E-state index in [0.717, 1.165) is 32.2 Å². The lowest BCUT2D eigenvalue weighted by Gasteiger charge is -2.27. The fourth-order valence-electron chi connectivity index (χ4n) is 4.22. The summed E-state index contributed by atoms with van der Waals surface area (Å²) in [6.45, 7) is 3.86. The van der Waals surface area contributed by atoms with Crippen LogP contribution in [-0.4, -0.2) is 44.3 Å². The van der Waals surface area contributed by atoms with Gasteiger partial charge in [0.2, 0.25) is 0 Å². The van der Waals surface area contributed by atoms with Crippen molar-refractivity contribution in [2.24, 2.45) is 5.92 Å². The van der Waals surface area contributed by atoms with Crippen molar-refractivity contribution in [1.82, 2.24) is 4.90 Å². The van der Waals surface area contributed by atoms with Crippen LogP contribution in [0.1, 0.15) is 77.6 Å². The molecule has 1 aliphatic rings. The van der Waals surface area contributed by atoms with Crippen LogP contribution in [-0.2, 0) is 4.74 Å². The Hall–Kier alpha value is -1.75. The van der Waals surface area contributed by atoms with Gasteiger partial charge in [-0.2, -0.15) is 0 Å². The van der Waals surface area contributed by atoms with Crippen molar-refractivity contribution < 1.29 is 14.3 Å².